The maximum absolute atomic E-state index is 14.2. The van der Waals surface area contributed by atoms with Crippen LogP contribution < -0.4 is 16.4 Å². The topological polar surface area (TPSA) is 114 Å². The summed E-state index contributed by atoms with van der Waals surface area (Å²) in [7, 11) is 0. The average molecular weight is 563 g/mol. The van der Waals surface area contributed by atoms with Crippen molar-refractivity contribution in [1.29, 1.82) is 0 Å². The van der Waals surface area contributed by atoms with E-state index in [4.69, 9.17) is 5.73 Å². The highest BCUT2D eigenvalue weighted by atomic mass is 19.1. The van der Waals surface area contributed by atoms with Gasteiger partial charge in [0.25, 0.3) is 5.91 Å². The van der Waals surface area contributed by atoms with Crippen LogP contribution in [-0.4, -0.2) is 22.7 Å². The molecule has 1 aliphatic rings. The maximum Gasteiger partial charge on any atom is 0.251 e. The summed E-state index contributed by atoms with van der Waals surface area (Å²) < 4.78 is 55.9. The van der Waals surface area contributed by atoms with E-state index < -0.39 is 53.0 Å². The van der Waals surface area contributed by atoms with Gasteiger partial charge in [0.2, 0.25) is 11.8 Å². The van der Waals surface area contributed by atoms with Crippen molar-refractivity contribution in [2.24, 2.45) is 5.73 Å². The number of nitrogens with one attached hydrogen (secondary N) is 2. The summed E-state index contributed by atoms with van der Waals surface area (Å²) in [5.74, 6) is -5.93. The zero-order valence-electron chi connectivity index (χ0n) is 21.3. The highest BCUT2D eigenvalue weighted by molar-refractivity contribution is 6.05. The number of primary amides is 1. The Labute approximate surface area is 231 Å². The van der Waals surface area contributed by atoms with Gasteiger partial charge < -0.3 is 16.4 Å². The molecule has 0 aliphatic carbocycles. The van der Waals surface area contributed by atoms with Gasteiger partial charge in [-0.2, -0.15) is 0 Å². The summed E-state index contributed by atoms with van der Waals surface area (Å²) in [4.78, 5) is 42.1. The number of pyridine rings is 1. The third-order valence-corrected chi connectivity index (χ3v) is 6.76. The predicted molar refractivity (Wildman–Crippen MR) is 141 cm³/mol. The van der Waals surface area contributed by atoms with E-state index in [-0.39, 0.29) is 35.3 Å². The summed E-state index contributed by atoms with van der Waals surface area (Å²) in [6, 6.07) is 12.7. The number of carbonyl (C=O) groups excluding carboxylic acids is 3. The molecule has 0 radical (unpaired) electrons. The van der Waals surface area contributed by atoms with Gasteiger partial charge in [-0.3, -0.25) is 19.4 Å². The van der Waals surface area contributed by atoms with E-state index in [1.54, 1.807) is 12.1 Å². The number of hydrogen-bond donors (Lipinski definition) is 3. The molecule has 41 heavy (non-hydrogen) atoms. The lowest BCUT2D eigenvalue weighted by Gasteiger charge is -2.22. The molecule has 1 aromatic heterocycles. The van der Waals surface area contributed by atoms with Crippen LogP contribution in [0.25, 0.3) is 11.1 Å². The van der Waals surface area contributed by atoms with Crippen LogP contribution in [0.1, 0.15) is 45.6 Å². The average Bonchev–Trinajstić information content (AvgIpc) is 3.21. The standard InChI is InChI=1S/C30H22F4N4O3/c31-17-4-5-21-22(30(41)38-25(21)13-17)14-27(39)37-26(10-15-8-18(32)12-19(33)9-15)28-20(2-1-7-36-28)16-3-6-24(34)23(11-16)29(35)40/h1-9,11-13,22,26H,10,14H2,(H2,35,40)(H,37,39)(H,38,41)/t22?,26-/m0/s1. The van der Waals surface area contributed by atoms with Crippen LogP contribution in [0.5, 0.6) is 0 Å². The minimum atomic E-state index is -0.982. The van der Waals surface area contributed by atoms with Crippen LogP contribution >= 0.6 is 0 Å². The van der Waals surface area contributed by atoms with Crippen LogP contribution in [0.4, 0.5) is 23.2 Å². The second-order valence-electron chi connectivity index (χ2n) is 9.57. The molecule has 1 unspecified atom stereocenters. The van der Waals surface area contributed by atoms with Gasteiger partial charge in [0.05, 0.1) is 23.2 Å². The number of rotatable bonds is 8. The van der Waals surface area contributed by atoms with Crippen molar-refractivity contribution in [3.05, 3.63) is 119 Å². The number of fused-ring (bicyclic) bond motifs is 1. The lowest BCUT2D eigenvalue weighted by atomic mass is 9.93. The summed E-state index contributed by atoms with van der Waals surface area (Å²) in [6.07, 6.45) is 1.04. The first-order valence-electron chi connectivity index (χ1n) is 12.5. The van der Waals surface area contributed by atoms with Gasteiger partial charge in [-0.25, -0.2) is 17.6 Å². The smallest absolute Gasteiger partial charge is 0.251 e. The molecular formula is C30H22F4N4O3. The Morgan fingerprint density at radius 3 is 2.44 bits per heavy atom. The number of nitrogens with zero attached hydrogens (tertiary/aromatic N) is 1. The number of aromatic nitrogens is 1. The van der Waals surface area contributed by atoms with Crippen molar-refractivity contribution in [3.8, 4) is 11.1 Å². The van der Waals surface area contributed by atoms with E-state index in [2.05, 4.69) is 15.6 Å². The zero-order chi connectivity index (χ0) is 29.3. The maximum atomic E-state index is 14.2. The number of carbonyl (C=O) groups is 3. The van der Waals surface area contributed by atoms with Crippen molar-refractivity contribution < 1.29 is 31.9 Å². The number of hydrogen-bond acceptors (Lipinski definition) is 4. The van der Waals surface area contributed by atoms with E-state index in [0.717, 1.165) is 24.3 Å². The van der Waals surface area contributed by atoms with E-state index in [0.29, 0.717) is 22.8 Å². The SMILES string of the molecule is NC(=O)c1cc(-c2cccnc2[C@H](Cc2cc(F)cc(F)c2)NC(=O)CC2C(=O)Nc3cc(F)ccc32)ccc1F. The van der Waals surface area contributed by atoms with Crippen molar-refractivity contribution >= 4 is 23.4 Å². The molecule has 0 spiro atoms. The number of anilines is 1. The first-order valence-corrected chi connectivity index (χ1v) is 12.5. The Kier molecular flexibility index (Phi) is 7.52. The number of benzene rings is 3. The lowest BCUT2D eigenvalue weighted by molar-refractivity contribution is -0.125. The van der Waals surface area contributed by atoms with Gasteiger partial charge in [0.15, 0.2) is 0 Å². The molecule has 2 atom stereocenters. The summed E-state index contributed by atoms with van der Waals surface area (Å²) in [5, 5.41) is 5.36. The molecule has 11 heteroatoms. The second kappa shape index (κ2) is 11.2. The van der Waals surface area contributed by atoms with Crippen LogP contribution in [0, 0.1) is 23.3 Å². The highest BCUT2D eigenvalue weighted by Crippen LogP contribution is 2.36. The lowest BCUT2D eigenvalue weighted by Crippen LogP contribution is -2.33. The Balaban J connectivity index is 1.51. The molecule has 0 bridgehead atoms. The van der Waals surface area contributed by atoms with E-state index in [9.17, 15) is 31.9 Å². The molecule has 4 aromatic rings. The van der Waals surface area contributed by atoms with Crippen molar-refractivity contribution in [1.82, 2.24) is 10.3 Å². The Bertz CT molecular complexity index is 1670. The molecule has 3 aromatic carbocycles. The third kappa shape index (κ3) is 5.93. The van der Waals surface area contributed by atoms with Crippen LogP contribution in [0.2, 0.25) is 0 Å². The number of halogens is 4. The van der Waals surface area contributed by atoms with Gasteiger partial charge in [0, 0.05) is 29.9 Å². The molecule has 208 valence electrons. The van der Waals surface area contributed by atoms with Gasteiger partial charge in [-0.1, -0.05) is 18.2 Å². The molecule has 5 rings (SSSR count). The molecule has 4 N–H and O–H groups in total. The fourth-order valence-corrected chi connectivity index (χ4v) is 4.94. The Morgan fingerprint density at radius 1 is 0.951 bits per heavy atom. The molecule has 2 heterocycles. The predicted octanol–water partition coefficient (Wildman–Crippen LogP) is 4.93. The molecule has 0 saturated carbocycles. The minimum Gasteiger partial charge on any atom is -0.366 e. The quantitative estimate of drug-likeness (QED) is 0.264. The van der Waals surface area contributed by atoms with Crippen molar-refractivity contribution in [3.63, 3.8) is 0 Å². The summed E-state index contributed by atoms with van der Waals surface area (Å²) in [5.41, 5.74) is 6.91. The number of amides is 3. The first kappa shape index (κ1) is 27.5. The largest absolute Gasteiger partial charge is 0.366 e. The first-order chi connectivity index (χ1) is 19.6. The Morgan fingerprint density at radius 2 is 1.71 bits per heavy atom. The van der Waals surface area contributed by atoms with Gasteiger partial charge >= 0.3 is 0 Å². The minimum absolute atomic E-state index is 0.104. The number of nitrogens with two attached hydrogens (primary N) is 1. The molecule has 0 saturated heterocycles. The van der Waals surface area contributed by atoms with Crippen molar-refractivity contribution in [2.75, 3.05) is 5.32 Å². The van der Waals surface area contributed by atoms with E-state index >= 15 is 0 Å². The van der Waals surface area contributed by atoms with Crippen LogP contribution in [0.15, 0.2) is 72.9 Å². The highest BCUT2D eigenvalue weighted by Gasteiger charge is 2.33. The van der Waals surface area contributed by atoms with Gasteiger partial charge in [-0.15, -0.1) is 0 Å². The zero-order valence-corrected chi connectivity index (χ0v) is 21.3. The monoisotopic (exact) mass is 562 g/mol. The molecule has 7 nitrogen and oxygen atoms in total. The van der Waals surface area contributed by atoms with Crippen LogP contribution in [0.3, 0.4) is 0 Å². The van der Waals surface area contributed by atoms with Crippen molar-refractivity contribution in [2.45, 2.75) is 24.8 Å². The molecule has 1 aliphatic heterocycles. The molecular weight excluding hydrogens is 540 g/mol. The fourth-order valence-electron chi connectivity index (χ4n) is 4.94. The molecule has 3 amide bonds. The van der Waals surface area contributed by atoms with Gasteiger partial charge in [-0.05, 0) is 65.6 Å². The van der Waals surface area contributed by atoms with Crippen LogP contribution in [-0.2, 0) is 16.0 Å². The normalized spacial score (nSPS) is 14.7. The molecule has 0 fully saturated rings. The van der Waals surface area contributed by atoms with E-state index in [1.807, 2.05) is 0 Å². The van der Waals surface area contributed by atoms with E-state index in [1.165, 1.54) is 30.5 Å². The summed E-state index contributed by atoms with van der Waals surface area (Å²) >= 11 is 0. The third-order valence-electron chi connectivity index (χ3n) is 6.76. The summed E-state index contributed by atoms with van der Waals surface area (Å²) in [6.45, 7) is 0. The van der Waals surface area contributed by atoms with Gasteiger partial charge in [0.1, 0.15) is 23.3 Å². The Hall–Kier alpha value is -5.06. The second-order valence-corrected chi connectivity index (χ2v) is 9.57. The fraction of sp³-hybridized carbons (Fsp3) is 0.133.